The summed E-state index contributed by atoms with van der Waals surface area (Å²) >= 11 is 0. The average molecular weight is 444 g/mol. The van der Waals surface area contributed by atoms with Gasteiger partial charge in [0.05, 0.1) is 38.0 Å². The fraction of sp³-hybridized carbons (Fsp3) is 0.240. The van der Waals surface area contributed by atoms with Crippen LogP contribution in [0.15, 0.2) is 54.6 Å². The third-order valence-corrected chi connectivity index (χ3v) is 5.74. The van der Waals surface area contributed by atoms with Crippen molar-refractivity contribution in [1.82, 2.24) is 15.0 Å². The number of rotatable bonds is 5. The van der Waals surface area contributed by atoms with Crippen LogP contribution in [0.1, 0.15) is 5.56 Å². The number of methoxy groups -OCH3 is 1. The zero-order chi connectivity index (χ0) is 22.8. The third-order valence-electron chi connectivity index (χ3n) is 5.74. The molecule has 0 atom stereocenters. The lowest BCUT2D eigenvalue weighted by Gasteiger charge is -2.29. The number of aromatic nitrogens is 3. The zero-order valence-electron chi connectivity index (χ0n) is 18.4. The van der Waals surface area contributed by atoms with Gasteiger partial charge in [-0.3, -0.25) is 0 Å². The summed E-state index contributed by atoms with van der Waals surface area (Å²) in [4.78, 5) is 16.8. The van der Waals surface area contributed by atoms with E-state index in [9.17, 15) is 5.11 Å². The van der Waals surface area contributed by atoms with Crippen LogP contribution in [0.5, 0.6) is 5.75 Å². The van der Waals surface area contributed by atoms with E-state index in [0.717, 1.165) is 41.1 Å². The molecule has 0 spiro atoms. The lowest BCUT2D eigenvalue weighted by Crippen LogP contribution is -2.37. The van der Waals surface area contributed by atoms with E-state index in [1.807, 2.05) is 54.6 Å². The first-order chi connectivity index (χ1) is 16.2. The van der Waals surface area contributed by atoms with Crippen LogP contribution in [0.4, 0.5) is 11.5 Å². The van der Waals surface area contributed by atoms with Crippen LogP contribution >= 0.6 is 0 Å². The molecule has 8 heteroatoms. The Bertz CT molecular complexity index is 1300. The van der Waals surface area contributed by atoms with Crippen LogP contribution in [0.25, 0.3) is 33.7 Å². The summed E-state index contributed by atoms with van der Waals surface area (Å²) in [6, 6.07) is 17.2. The minimum absolute atomic E-state index is 0.118. The van der Waals surface area contributed by atoms with Crippen LogP contribution in [-0.4, -0.2) is 53.5 Å². The van der Waals surface area contributed by atoms with Crippen molar-refractivity contribution in [3.8, 4) is 28.4 Å². The van der Waals surface area contributed by atoms with E-state index in [0.29, 0.717) is 41.7 Å². The smallest absolute Gasteiger partial charge is 0.165 e. The molecule has 0 amide bonds. The molecule has 1 saturated heterocycles. The van der Waals surface area contributed by atoms with Crippen molar-refractivity contribution in [3.63, 3.8) is 0 Å². The Morgan fingerprint density at radius 3 is 2.61 bits per heavy atom. The summed E-state index contributed by atoms with van der Waals surface area (Å²) in [7, 11) is 1.59. The van der Waals surface area contributed by atoms with Gasteiger partial charge in [-0.05, 0) is 42.5 Å². The molecule has 2 aromatic heterocycles. The molecule has 3 N–H and O–H groups in total. The van der Waals surface area contributed by atoms with Crippen molar-refractivity contribution in [1.29, 1.82) is 0 Å². The quantitative estimate of drug-likeness (QED) is 0.453. The van der Waals surface area contributed by atoms with Gasteiger partial charge in [0.2, 0.25) is 0 Å². The lowest BCUT2D eigenvalue weighted by atomic mass is 10.1. The van der Waals surface area contributed by atoms with Gasteiger partial charge in [-0.2, -0.15) is 0 Å². The molecule has 4 aromatic rings. The van der Waals surface area contributed by atoms with Gasteiger partial charge in [0, 0.05) is 35.5 Å². The second-order valence-corrected chi connectivity index (χ2v) is 7.85. The van der Waals surface area contributed by atoms with Crippen LogP contribution in [0.3, 0.4) is 0 Å². The first-order valence-electron chi connectivity index (χ1n) is 10.8. The number of nitrogen functional groups attached to an aromatic ring is 1. The van der Waals surface area contributed by atoms with E-state index in [1.54, 1.807) is 7.11 Å². The zero-order valence-corrected chi connectivity index (χ0v) is 18.4. The van der Waals surface area contributed by atoms with Gasteiger partial charge < -0.3 is 25.2 Å². The van der Waals surface area contributed by atoms with Gasteiger partial charge in [-0.15, -0.1) is 0 Å². The van der Waals surface area contributed by atoms with Crippen LogP contribution in [0.2, 0.25) is 0 Å². The summed E-state index contributed by atoms with van der Waals surface area (Å²) in [5.41, 5.74) is 10.4. The molecule has 5 rings (SSSR count). The first kappa shape index (κ1) is 21.1. The normalized spacial score (nSPS) is 13.9. The first-order valence-corrected chi connectivity index (χ1v) is 10.8. The molecule has 0 saturated carbocycles. The fourth-order valence-electron chi connectivity index (χ4n) is 4.04. The van der Waals surface area contributed by atoms with Crippen molar-refractivity contribution < 1.29 is 14.6 Å². The molecule has 2 aromatic carbocycles. The fourth-order valence-corrected chi connectivity index (χ4v) is 4.04. The maximum atomic E-state index is 9.71. The summed E-state index contributed by atoms with van der Waals surface area (Å²) in [6.07, 6.45) is 0. The van der Waals surface area contributed by atoms with Crippen molar-refractivity contribution in [3.05, 3.63) is 60.2 Å². The Hall–Kier alpha value is -3.75. The number of morpholine rings is 1. The molecule has 1 aliphatic rings. The van der Waals surface area contributed by atoms with Gasteiger partial charge in [-0.25, -0.2) is 15.0 Å². The topological polar surface area (TPSA) is 107 Å². The number of ether oxygens (including phenoxy) is 2. The summed E-state index contributed by atoms with van der Waals surface area (Å²) < 4.78 is 10.9. The largest absolute Gasteiger partial charge is 0.496 e. The Labute approximate surface area is 191 Å². The molecule has 1 fully saturated rings. The summed E-state index contributed by atoms with van der Waals surface area (Å²) in [6.45, 7) is 2.69. The second kappa shape index (κ2) is 9.01. The van der Waals surface area contributed by atoms with E-state index in [4.69, 9.17) is 30.2 Å². The summed E-state index contributed by atoms with van der Waals surface area (Å²) in [5, 5.41) is 10.6. The highest BCUT2D eigenvalue weighted by molar-refractivity contribution is 5.90. The van der Waals surface area contributed by atoms with Crippen LogP contribution in [-0.2, 0) is 11.3 Å². The van der Waals surface area contributed by atoms with Gasteiger partial charge in [-0.1, -0.05) is 12.1 Å². The maximum Gasteiger partial charge on any atom is 0.165 e. The third kappa shape index (κ3) is 4.18. The minimum Gasteiger partial charge on any atom is -0.496 e. The predicted molar refractivity (Wildman–Crippen MR) is 128 cm³/mol. The SMILES string of the molecule is COc1ccc(-c2ccc3c(N4CCOCC4)nc(-c4cccc(N)c4)nc3n2)cc1CO. The van der Waals surface area contributed by atoms with E-state index in [1.165, 1.54) is 0 Å². The number of nitrogens with two attached hydrogens (primary N) is 1. The molecule has 0 unspecified atom stereocenters. The molecule has 0 aliphatic carbocycles. The number of anilines is 2. The Kier molecular flexibility index (Phi) is 5.77. The van der Waals surface area contributed by atoms with Gasteiger partial charge in [0.15, 0.2) is 11.5 Å². The lowest BCUT2D eigenvalue weighted by molar-refractivity contribution is 0.122. The number of nitrogens with zero attached hydrogens (tertiary/aromatic N) is 4. The summed E-state index contributed by atoms with van der Waals surface area (Å²) in [5.74, 6) is 2.06. The molecule has 3 heterocycles. The second-order valence-electron chi connectivity index (χ2n) is 7.85. The molecule has 8 nitrogen and oxygen atoms in total. The van der Waals surface area contributed by atoms with Gasteiger partial charge in [0.25, 0.3) is 0 Å². The highest BCUT2D eigenvalue weighted by Gasteiger charge is 2.19. The maximum absolute atomic E-state index is 9.71. The Morgan fingerprint density at radius 1 is 1.00 bits per heavy atom. The molecule has 0 bridgehead atoms. The molecular formula is C25H25N5O3. The van der Waals surface area contributed by atoms with Gasteiger partial charge in [0.1, 0.15) is 11.6 Å². The van der Waals surface area contributed by atoms with Crippen molar-refractivity contribution in [2.75, 3.05) is 44.0 Å². The highest BCUT2D eigenvalue weighted by Crippen LogP contribution is 2.31. The average Bonchev–Trinajstić information content (AvgIpc) is 2.87. The number of aliphatic hydroxyl groups is 1. The number of pyridine rings is 1. The molecule has 1 aliphatic heterocycles. The Morgan fingerprint density at radius 2 is 1.85 bits per heavy atom. The molecule has 168 valence electrons. The number of fused-ring (bicyclic) bond motifs is 1. The molecule has 0 radical (unpaired) electrons. The van der Waals surface area contributed by atoms with Crippen LogP contribution in [0, 0.1) is 0 Å². The molecule has 33 heavy (non-hydrogen) atoms. The molecular weight excluding hydrogens is 418 g/mol. The van der Waals surface area contributed by atoms with Crippen molar-refractivity contribution >= 4 is 22.5 Å². The van der Waals surface area contributed by atoms with E-state index in [-0.39, 0.29) is 6.61 Å². The van der Waals surface area contributed by atoms with Crippen molar-refractivity contribution in [2.45, 2.75) is 6.61 Å². The van der Waals surface area contributed by atoms with Crippen molar-refractivity contribution in [2.24, 2.45) is 0 Å². The Balaban J connectivity index is 1.67. The number of hydrogen-bond donors (Lipinski definition) is 2. The number of aliphatic hydroxyl groups excluding tert-OH is 1. The number of hydrogen-bond acceptors (Lipinski definition) is 8. The van der Waals surface area contributed by atoms with E-state index >= 15 is 0 Å². The van der Waals surface area contributed by atoms with Crippen LogP contribution < -0.4 is 15.4 Å². The minimum atomic E-state index is -0.118. The standard InChI is InChI=1S/C25H25N5O3/c1-32-22-8-5-16(13-18(22)15-31)21-7-6-20-24(27-21)28-23(17-3-2-4-19(26)14-17)29-25(20)30-9-11-33-12-10-30/h2-8,13-14,31H,9-12,15,26H2,1H3. The van der Waals surface area contributed by atoms with Gasteiger partial charge >= 0.3 is 0 Å². The monoisotopic (exact) mass is 443 g/mol. The van der Waals surface area contributed by atoms with E-state index in [2.05, 4.69) is 4.90 Å². The number of benzene rings is 2. The van der Waals surface area contributed by atoms with E-state index < -0.39 is 0 Å². The predicted octanol–water partition coefficient (Wildman–Crippen LogP) is 3.28. The highest BCUT2D eigenvalue weighted by atomic mass is 16.5.